The van der Waals surface area contributed by atoms with Gasteiger partial charge >= 0.3 is 11.9 Å². The third-order valence-corrected chi connectivity index (χ3v) is 8.40. The quantitative estimate of drug-likeness (QED) is 0.0281. The lowest BCUT2D eigenvalue weighted by Crippen LogP contribution is -2.61. The first-order chi connectivity index (χ1) is 25.1. The second-order valence-corrected chi connectivity index (χ2v) is 13.7. The summed E-state index contributed by atoms with van der Waals surface area (Å²) >= 11 is 0. The van der Waals surface area contributed by atoms with Crippen molar-refractivity contribution in [3.05, 3.63) is 0 Å². The number of hydrogen-bond acceptors (Lipinski definition) is 11. The highest BCUT2D eigenvalue weighted by molar-refractivity contribution is 5.99. The zero-order valence-corrected chi connectivity index (χ0v) is 31.1. The highest BCUT2D eigenvalue weighted by Gasteiger charge is 2.40. The molecule has 54 heavy (non-hydrogen) atoms. The zero-order valence-electron chi connectivity index (χ0n) is 31.1. The summed E-state index contributed by atoms with van der Waals surface area (Å²) in [6, 6.07) is -9.39. The van der Waals surface area contributed by atoms with Gasteiger partial charge in [-0.25, -0.2) is 4.79 Å². The maximum atomic E-state index is 13.4. The minimum Gasteiger partial charge on any atom is -0.481 e. The van der Waals surface area contributed by atoms with Crippen LogP contribution >= 0.6 is 0 Å². The summed E-state index contributed by atoms with van der Waals surface area (Å²) in [4.78, 5) is 119. The van der Waals surface area contributed by atoms with Crippen molar-refractivity contribution >= 4 is 59.2 Å². The molecule has 1 fully saturated rings. The van der Waals surface area contributed by atoms with Crippen LogP contribution in [0.25, 0.3) is 0 Å². The van der Waals surface area contributed by atoms with Crippen molar-refractivity contribution in [2.75, 3.05) is 13.1 Å². The van der Waals surface area contributed by atoms with Gasteiger partial charge in [0.2, 0.25) is 41.4 Å². The molecule has 0 spiro atoms. The fourth-order valence-corrected chi connectivity index (χ4v) is 5.41. The number of nitrogens with one attached hydrogen (secondary N) is 5. The molecule has 1 rings (SSSR count). The van der Waals surface area contributed by atoms with Crippen LogP contribution in [0.5, 0.6) is 0 Å². The van der Waals surface area contributed by atoms with Crippen LogP contribution in [0.3, 0.4) is 0 Å². The van der Waals surface area contributed by atoms with E-state index in [1.54, 1.807) is 27.7 Å². The fourth-order valence-electron chi connectivity index (χ4n) is 5.41. The third kappa shape index (κ3) is 15.2. The summed E-state index contributed by atoms with van der Waals surface area (Å²) in [5.74, 6) is -10.2. The van der Waals surface area contributed by atoms with Crippen LogP contribution in [0.2, 0.25) is 0 Å². The van der Waals surface area contributed by atoms with Gasteiger partial charge in [-0.3, -0.25) is 43.3 Å². The number of carboxylic acids is 2. The van der Waals surface area contributed by atoms with Crippen molar-refractivity contribution in [2.45, 2.75) is 115 Å². The highest BCUT2D eigenvalue weighted by Crippen LogP contribution is 2.20. The van der Waals surface area contributed by atoms with E-state index in [2.05, 4.69) is 31.6 Å². The van der Waals surface area contributed by atoms with Crippen LogP contribution in [-0.4, -0.2) is 130 Å². The highest BCUT2D eigenvalue weighted by atomic mass is 16.4. The molecule has 7 amide bonds. The number of hydrogen-bond donors (Lipinski definition) is 11. The van der Waals surface area contributed by atoms with Gasteiger partial charge in [0, 0.05) is 13.1 Å². The van der Waals surface area contributed by atoms with Crippen LogP contribution in [0.4, 0.5) is 0 Å². The number of primary amides is 1. The van der Waals surface area contributed by atoms with Crippen molar-refractivity contribution in [1.29, 1.82) is 0 Å². The summed E-state index contributed by atoms with van der Waals surface area (Å²) in [6.07, 6.45) is -0.609. The average Bonchev–Trinajstić information content (AvgIpc) is 3.56. The van der Waals surface area contributed by atoms with Gasteiger partial charge < -0.3 is 64.6 Å². The van der Waals surface area contributed by atoms with Gasteiger partial charge in [-0.05, 0) is 44.4 Å². The minimum absolute atomic E-state index is 0.0677. The Bertz CT molecular complexity index is 1430. The predicted molar refractivity (Wildman–Crippen MR) is 191 cm³/mol. The Morgan fingerprint density at radius 1 is 0.722 bits per heavy atom. The van der Waals surface area contributed by atoms with Crippen LogP contribution in [-0.2, 0) is 43.2 Å². The normalized spacial score (nSPS) is 17.2. The molecule has 0 aromatic carbocycles. The first kappa shape index (κ1) is 46.5. The summed E-state index contributed by atoms with van der Waals surface area (Å²) in [7, 11) is 0. The Labute approximate surface area is 312 Å². The molecular weight excluding hydrogens is 714 g/mol. The van der Waals surface area contributed by atoms with E-state index in [1.165, 1.54) is 11.8 Å². The molecule has 0 bridgehead atoms. The summed E-state index contributed by atoms with van der Waals surface area (Å²) in [5, 5.41) is 30.7. The molecule has 0 unspecified atom stereocenters. The first-order valence-electron chi connectivity index (χ1n) is 17.4. The van der Waals surface area contributed by atoms with Gasteiger partial charge in [0.15, 0.2) is 5.96 Å². The Balaban J connectivity index is 3.04. The van der Waals surface area contributed by atoms with Gasteiger partial charge in [-0.2, -0.15) is 0 Å². The van der Waals surface area contributed by atoms with Gasteiger partial charge in [0.05, 0.1) is 18.9 Å². The van der Waals surface area contributed by atoms with E-state index in [0.717, 1.165) is 0 Å². The van der Waals surface area contributed by atoms with Crippen molar-refractivity contribution in [3.63, 3.8) is 0 Å². The molecule has 1 aliphatic heterocycles. The molecule has 0 saturated carbocycles. The standard InChI is InChI=1S/C32H55N11O11/c1-14(2)23(29(51)42-24(15(3)4)30(52)43-11-7-9-20(43)31(53)54)41-25(47)16(5)38-27(49)18(12-21(34)44)40-28(50)19(13-22(45)46)39-26(48)17(33)8-6-10-37-32(35)36/h14-20,23-24H,6-13,33H2,1-5H3,(H2,34,44)(H,38,49)(H,39,48)(H,40,50)(H,41,47)(H,42,51)(H,45,46)(H,53,54)(H4,35,36,37)/t16-,17-,18-,19-,20-,23-,24-/m0/s1. The Hall–Kier alpha value is -5.54. The molecule has 1 heterocycles. The molecule has 304 valence electrons. The van der Waals surface area contributed by atoms with E-state index in [0.29, 0.717) is 6.42 Å². The Kier molecular flexibility index (Phi) is 18.8. The van der Waals surface area contributed by atoms with Crippen molar-refractivity contribution < 1.29 is 53.4 Å². The van der Waals surface area contributed by atoms with Crippen molar-refractivity contribution in [1.82, 2.24) is 31.5 Å². The number of nitrogens with zero attached hydrogens (tertiary/aromatic N) is 2. The molecule has 0 radical (unpaired) electrons. The van der Waals surface area contributed by atoms with Gasteiger partial charge in [-0.15, -0.1) is 0 Å². The molecule has 0 aliphatic carbocycles. The van der Waals surface area contributed by atoms with E-state index >= 15 is 0 Å². The average molecular weight is 770 g/mol. The zero-order chi connectivity index (χ0) is 41.4. The van der Waals surface area contributed by atoms with Gasteiger partial charge in [0.1, 0.15) is 36.3 Å². The number of guanidine groups is 1. The lowest BCUT2D eigenvalue weighted by molar-refractivity contribution is -0.150. The molecule has 22 nitrogen and oxygen atoms in total. The van der Waals surface area contributed by atoms with Crippen LogP contribution in [0, 0.1) is 11.8 Å². The summed E-state index contributed by atoms with van der Waals surface area (Å²) in [6.45, 7) is 8.18. The van der Waals surface area contributed by atoms with Crippen molar-refractivity contribution in [2.24, 2.45) is 39.8 Å². The second kappa shape index (κ2) is 21.9. The van der Waals surface area contributed by atoms with Crippen LogP contribution < -0.4 is 49.5 Å². The third-order valence-electron chi connectivity index (χ3n) is 8.40. The second-order valence-electron chi connectivity index (χ2n) is 13.7. The largest absolute Gasteiger partial charge is 0.481 e. The molecule has 15 N–H and O–H groups in total. The molecule has 0 aromatic heterocycles. The maximum Gasteiger partial charge on any atom is 0.326 e. The van der Waals surface area contributed by atoms with Crippen molar-refractivity contribution in [3.8, 4) is 0 Å². The van der Waals surface area contributed by atoms with E-state index in [9.17, 15) is 53.4 Å². The Morgan fingerprint density at radius 2 is 1.26 bits per heavy atom. The number of carbonyl (C=O) groups excluding carboxylic acids is 7. The number of aliphatic carboxylic acids is 2. The molecule has 1 aliphatic rings. The first-order valence-corrected chi connectivity index (χ1v) is 17.4. The fraction of sp³-hybridized carbons (Fsp3) is 0.688. The number of likely N-dealkylation sites (tertiary alicyclic amines) is 1. The number of rotatable bonds is 22. The molecule has 0 aromatic rings. The monoisotopic (exact) mass is 769 g/mol. The Morgan fingerprint density at radius 3 is 1.78 bits per heavy atom. The molecular formula is C32H55N11O11. The van der Waals surface area contributed by atoms with E-state index in [-0.39, 0.29) is 38.3 Å². The number of carbonyl (C=O) groups is 9. The number of aliphatic imine (C=N–C) groups is 1. The van der Waals surface area contributed by atoms with Crippen LogP contribution in [0.1, 0.15) is 73.1 Å². The number of amides is 7. The number of nitrogens with two attached hydrogens (primary N) is 4. The SMILES string of the molecule is CC(C)[C@H](NC(=O)[C@H](C)NC(=O)[C@H](CC(N)=O)NC(=O)[C@H](CC(=O)O)NC(=O)[C@@H](N)CCCN=C(N)N)C(=O)N[C@H](C(=O)N1CCC[C@H]1C(=O)O)C(C)C. The lowest BCUT2D eigenvalue weighted by Gasteiger charge is -2.31. The molecule has 1 saturated heterocycles. The lowest BCUT2D eigenvalue weighted by atomic mass is 9.98. The van der Waals surface area contributed by atoms with Gasteiger partial charge in [0.25, 0.3) is 0 Å². The minimum atomic E-state index is -1.74. The topological polar surface area (TPSA) is 374 Å². The predicted octanol–water partition coefficient (Wildman–Crippen LogP) is -4.45. The van der Waals surface area contributed by atoms with Crippen LogP contribution in [0.15, 0.2) is 4.99 Å². The number of carboxylic acid groups (broad SMARTS) is 2. The summed E-state index contributed by atoms with van der Waals surface area (Å²) < 4.78 is 0. The molecule has 22 heteroatoms. The maximum absolute atomic E-state index is 13.4. The van der Waals surface area contributed by atoms with Gasteiger partial charge in [-0.1, -0.05) is 27.7 Å². The smallest absolute Gasteiger partial charge is 0.326 e. The van der Waals surface area contributed by atoms with E-state index in [4.69, 9.17) is 22.9 Å². The van der Waals surface area contributed by atoms with E-state index < -0.39 is 120 Å². The molecule has 7 atom stereocenters. The summed E-state index contributed by atoms with van der Waals surface area (Å²) in [5.41, 5.74) is 21.6. The van der Waals surface area contributed by atoms with E-state index in [1.807, 2.05) is 0 Å².